The molecule has 0 N–H and O–H groups in total. The summed E-state index contributed by atoms with van der Waals surface area (Å²) in [5.41, 5.74) is -0.398. The Morgan fingerprint density at radius 2 is 2.33 bits per heavy atom. The van der Waals surface area contributed by atoms with Gasteiger partial charge in [0.25, 0.3) is 0 Å². The summed E-state index contributed by atoms with van der Waals surface area (Å²) in [5.74, 6) is 0. The van der Waals surface area contributed by atoms with E-state index in [-0.39, 0.29) is 0 Å². The van der Waals surface area contributed by atoms with E-state index in [4.69, 9.17) is 0 Å². The molecule has 6 heavy (non-hydrogen) atoms. The van der Waals surface area contributed by atoms with Gasteiger partial charge in [-0.15, -0.1) is 0 Å². The van der Waals surface area contributed by atoms with E-state index in [0.29, 0.717) is 0 Å². The molecular formula is C4H4FSi. The van der Waals surface area contributed by atoms with Gasteiger partial charge in [-0.2, -0.15) is 0 Å². The van der Waals surface area contributed by atoms with E-state index in [1.54, 1.807) is 0 Å². The Balaban J connectivity index is 3.41. The van der Waals surface area contributed by atoms with Crippen LogP contribution in [0.4, 0.5) is 4.39 Å². The largest absolute Gasteiger partial charge is 0.218 e. The molecule has 0 aromatic carbocycles. The number of rotatable bonds is 1. The van der Waals surface area contributed by atoms with Crippen LogP contribution in [-0.2, 0) is 0 Å². The first-order valence-corrected chi connectivity index (χ1v) is 1.97. The summed E-state index contributed by atoms with van der Waals surface area (Å²) in [4.78, 5) is 0. The van der Waals surface area contributed by atoms with Gasteiger partial charge in [-0.25, -0.2) is 4.39 Å². The van der Waals surface area contributed by atoms with Crippen LogP contribution in [0.3, 0.4) is 0 Å². The lowest BCUT2D eigenvalue weighted by Crippen LogP contribution is -1.61. The second-order valence-electron chi connectivity index (χ2n) is 0.750. The average molecular weight is 99.2 g/mol. The third kappa shape index (κ3) is 3.63. The minimum absolute atomic E-state index is 0.398. The summed E-state index contributed by atoms with van der Waals surface area (Å²) in [6.07, 6.45) is 2.58. The molecule has 0 aliphatic heterocycles. The van der Waals surface area contributed by atoms with E-state index >= 15 is 0 Å². The van der Waals surface area contributed by atoms with Gasteiger partial charge in [0.1, 0.15) is 10.2 Å². The van der Waals surface area contributed by atoms with Gasteiger partial charge >= 0.3 is 0 Å². The molecule has 0 aliphatic carbocycles. The van der Waals surface area contributed by atoms with Crippen molar-refractivity contribution in [2.75, 3.05) is 0 Å². The van der Waals surface area contributed by atoms with Crippen LogP contribution in [0.25, 0.3) is 0 Å². The minimum Gasteiger partial charge on any atom is -0.218 e. The third-order valence-corrected chi connectivity index (χ3v) is 0.431. The van der Waals surface area contributed by atoms with Crippen LogP contribution in [-0.4, -0.2) is 10.2 Å². The van der Waals surface area contributed by atoms with Crippen molar-refractivity contribution in [3.8, 4) is 0 Å². The van der Waals surface area contributed by atoms with Crippen molar-refractivity contribution >= 4 is 10.2 Å². The van der Waals surface area contributed by atoms with Crippen LogP contribution >= 0.6 is 0 Å². The maximum atomic E-state index is 11.4. The molecule has 0 unspecified atom stereocenters. The van der Waals surface area contributed by atoms with E-state index < -0.39 is 5.45 Å². The highest BCUT2D eigenvalue weighted by Crippen LogP contribution is 1.84. The molecule has 0 amide bonds. The van der Waals surface area contributed by atoms with Gasteiger partial charge in [0.05, 0.1) is 5.45 Å². The van der Waals surface area contributed by atoms with Gasteiger partial charge in [0.15, 0.2) is 0 Å². The van der Waals surface area contributed by atoms with Crippen LogP contribution in [0.5, 0.6) is 0 Å². The predicted octanol–water partition coefficient (Wildman–Crippen LogP) is 1.15. The van der Waals surface area contributed by atoms with E-state index in [2.05, 4.69) is 16.8 Å². The van der Waals surface area contributed by atoms with Crippen molar-refractivity contribution in [3.63, 3.8) is 0 Å². The second-order valence-corrected chi connectivity index (χ2v) is 1.23. The maximum Gasteiger partial charge on any atom is 0.115 e. The Bertz CT molecular complexity index is 71.6. The van der Waals surface area contributed by atoms with E-state index in [9.17, 15) is 4.39 Å². The molecule has 0 saturated carbocycles. The number of allylic oxidation sites excluding steroid dienone is 2. The second kappa shape index (κ2) is 2.84. The maximum absolute atomic E-state index is 11.4. The Kier molecular flexibility index (Phi) is 2.67. The fourth-order valence-corrected chi connectivity index (χ4v) is 0.221. The molecule has 0 nitrogen and oxygen atoms in total. The minimum atomic E-state index is -0.398. The van der Waals surface area contributed by atoms with E-state index in [0.717, 1.165) is 0 Å². The molecule has 3 radical (unpaired) electrons. The molecular weight excluding hydrogens is 95.1 g/mol. The van der Waals surface area contributed by atoms with Gasteiger partial charge in [0, 0.05) is 0 Å². The summed E-state index contributed by atoms with van der Waals surface area (Å²) in [5, 5.41) is 0. The molecule has 0 spiro atoms. The van der Waals surface area contributed by atoms with E-state index in [1.165, 1.54) is 12.2 Å². The lowest BCUT2D eigenvalue weighted by Gasteiger charge is -1.70. The van der Waals surface area contributed by atoms with Crippen LogP contribution in [0, 0.1) is 0 Å². The fourth-order valence-electron chi connectivity index (χ4n) is 0.103. The first kappa shape index (κ1) is 5.63. The van der Waals surface area contributed by atoms with Gasteiger partial charge in [-0.05, 0) is 6.08 Å². The summed E-state index contributed by atoms with van der Waals surface area (Å²) in [6.45, 7) is 3.25. The van der Waals surface area contributed by atoms with E-state index in [1.807, 2.05) is 0 Å². The molecule has 31 valence electrons. The first-order valence-electron chi connectivity index (χ1n) is 1.47. The number of hydrogen-bond donors (Lipinski definition) is 0. The Labute approximate surface area is 39.8 Å². The fraction of sp³-hybridized carbons (Fsp3) is 0. The molecule has 0 aromatic heterocycles. The topological polar surface area (TPSA) is 0 Å². The zero-order valence-electron chi connectivity index (χ0n) is 3.24. The van der Waals surface area contributed by atoms with Crippen molar-refractivity contribution in [2.24, 2.45) is 0 Å². The SMILES string of the molecule is C=C/C=C(\F)[Si]. The summed E-state index contributed by atoms with van der Waals surface area (Å²) < 4.78 is 11.4. The summed E-state index contributed by atoms with van der Waals surface area (Å²) in [6, 6.07) is 0. The number of hydrogen-bond acceptors (Lipinski definition) is 0. The van der Waals surface area contributed by atoms with Gasteiger partial charge in [-0.3, -0.25) is 0 Å². The van der Waals surface area contributed by atoms with Crippen LogP contribution in [0.1, 0.15) is 0 Å². The molecule has 0 rings (SSSR count). The van der Waals surface area contributed by atoms with Gasteiger partial charge in [-0.1, -0.05) is 12.7 Å². The Morgan fingerprint density at radius 3 is 2.33 bits per heavy atom. The van der Waals surface area contributed by atoms with Crippen molar-refractivity contribution in [1.29, 1.82) is 0 Å². The van der Waals surface area contributed by atoms with Crippen LogP contribution in [0.2, 0.25) is 0 Å². The van der Waals surface area contributed by atoms with Crippen molar-refractivity contribution < 1.29 is 4.39 Å². The monoisotopic (exact) mass is 99.0 g/mol. The van der Waals surface area contributed by atoms with Crippen LogP contribution in [0.15, 0.2) is 24.2 Å². The highest BCUT2D eigenvalue weighted by atomic mass is 28.1. The highest BCUT2D eigenvalue weighted by Gasteiger charge is 1.70. The number of halogens is 1. The van der Waals surface area contributed by atoms with Gasteiger partial charge in [0.2, 0.25) is 0 Å². The zero-order valence-corrected chi connectivity index (χ0v) is 4.24. The molecule has 2 heteroatoms. The Hall–Kier alpha value is -0.373. The quantitative estimate of drug-likeness (QED) is 0.342. The van der Waals surface area contributed by atoms with Crippen molar-refractivity contribution in [3.05, 3.63) is 24.2 Å². The Morgan fingerprint density at radius 1 is 1.83 bits per heavy atom. The first-order chi connectivity index (χ1) is 2.77. The van der Waals surface area contributed by atoms with Crippen LogP contribution < -0.4 is 0 Å². The molecule has 0 fully saturated rings. The summed E-state index contributed by atoms with van der Waals surface area (Å²) >= 11 is 0. The molecule has 0 bridgehead atoms. The van der Waals surface area contributed by atoms with Gasteiger partial charge < -0.3 is 0 Å². The summed E-state index contributed by atoms with van der Waals surface area (Å²) in [7, 11) is 2.60. The molecule has 0 heterocycles. The standard InChI is InChI=1S/C4H4FSi/c1-2-3-4(5)6/h2-3H,1H2/b4-3+. The van der Waals surface area contributed by atoms with Crippen molar-refractivity contribution in [1.82, 2.24) is 0 Å². The smallest absolute Gasteiger partial charge is 0.115 e. The lowest BCUT2D eigenvalue weighted by molar-refractivity contribution is 0.694. The normalized spacial score (nSPS) is 11.3. The predicted molar refractivity (Wildman–Crippen MR) is 25.1 cm³/mol. The molecule has 0 atom stereocenters. The molecule has 0 aromatic rings. The third-order valence-electron chi connectivity index (χ3n) is 0.264. The lowest BCUT2D eigenvalue weighted by atomic mass is 10.6. The zero-order chi connectivity index (χ0) is 4.99. The molecule has 0 aliphatic rings. The average Bonchev–Trinajstić information content (AvgIpc) is 1.35. The highest BCUT2D eigenvalue weighted by molar-refractivity contribution is 6.20. The van der Waals surface area contributed by atoms with Crippen molar-refractivity contribution in [2.45, 2.75) is 0 Å². The molecule has 0 saturated heterocycles.